The molecule has 1 aromatic rings. The number of hydrogen-bond acceptors (Lipinski definition) is 3. The van der Waals surface area contributed by atoms with Crippen LogP contribution in [-0.2, 0) is 0 Å². The maximum absolute atomic E-state index is 13.4. The van der Waals surface area contributed by atoms with Crippen molar-refractivity contribution >= 4 is 12.0 Å². The first-order chi connectivity index (χ1) is 9.08. The number of halogens is 1. The summed E-state index contributed by atoms with van der Waals surface area (Å²) in [5, 5.41) is 0. The van der Waals surface area contributed by atoms with Crippen molar-refractivity contribution in [2.45, 2.75) is 12.8 Å². The highest BCUT2D eigenvalue weighted by atomic mass is 19.1. The second-order valence-electron chi connectivity index (χ2n) is 5.49. The molecule has 19 heavy (non-hydrogen) atoms. The minimum Gasteiger partial charge on any atom is -0.374 e. The van der Waals surface area contributed by atoms with Crippen LogP contribution in [-0.4, -0.2) is 44.9 Å². The van der Waals surface area contributed by atoms with E-state index in [1.807, 2.05) is 11.9 Å². The van der Waals surface area contributed by atoms with E-state index < -0.39 is 0 Å². The van der Waals surface area contributed by atoms with Crippen molar-refractivity contribution in [1.82, 2.24) is 4.90 Å². The number of likely N-dealkylation sites (tertiary alicyclic amines) is 1. The maximum atomic E-state index is 13.4. The van der Waals surface area contributed by atoms with E-state index >= 15 is 0 Å². The molecule has 2 rings (SSSR count). The van der Waals surface area contributed by atoms with Gasteiger partial charge in [0.2, 0.25) is 0 Å². The van der Waals surface area contributed by atoms with Crippen LogP contribution in [0.2, 0.25) is 0 Å². The molecule has 0 aromatic heterocycles. The quantitative estimate of drug-likeness (QED) is 0.780. The summed E-state index contributed by atoms with van der Waals surface area (Å²) in [6.07, 6.45) is 3.05. The monoisotopic (exact) mass is 264 g/mol. The van der Waals surface area contributed by atoms with E-state index in [1.165, 1.54) is 25.0 Å². The molecule has 1 heterocycles. The van der Waals surface area contributed by atoms with Crippen LogP contribution in [0.25, 0.3) is 0 Å². The van der Waals surface area contributed by atoms with Gasteiger partial charge < -0.3 is 9.80 Å². The molecule has 0 unspecified atom stereocenters. The highest BCUT2D eigenvalue weighted by Gasteiger charge is 2.18. The molecule has 0 saturated carbocycles. The van der Waals surface area contributed by atoms with Gasteiger partial charge in [-0.15, -0.1) is 0 Å². The van der Waals surface area contributed by atoms with Gasteiger partial charge in [-0.3, -0.25) is 4.79 Å². The summed E-state index contributed by atoms with van der Waals surface area (Å²) in [6, 6.07) is 4.49. The molecular weight excluding hydrogens is 243 g/mol. The van der Waals surface area contributed by atoms with Gasteiger partial charge in [0.25, 0.3) is 0 Å². The van der Waals surface area contributed by atoms with Gasteiger partial charge in [0, 0.05) is 24.8 Å². The van der Waals surface area contributed by atoms with Crippen molar-refractivity contribution < 1.29 is 9.18 Å². The van der Waals surface area contributed by atoms with E-state index in [1.54, 1.807) is 6.07 Å². The molecule has 0 amide bonds. The summed E-state index contributed by atoms with van der Waals surface area (Å²) in [4.78, 5) is 15.2. The molecule has 0 atom stereocenters. The second kappa shape index (κ2) is 6.15. The van der Waals surface area contributed by atoms with Crippen LogP contribution in [0.4, 0.5) is 10.1 Å². The Morgan fingerprint density at radius 2 is 2.05 bits per heavy atom. The number of nitrogens with zero attached hydrogens (tertiary/aromatic N) is 2. The number of aldehydes is 1. The first-order valence-corrected chi connectivity index (χ1v) is 6.74. The van der Waals surface area contributed by atoms with Crippen LogP contribution in [0, 0.1) is 11.7 Å². The van der Waals surface area contributed by atoms with Crippen molar-refractivity contribution in [1.29, 1.82) is 0 Å². The lowest BCUT2D eigenvalue weighted by molar-refractivity contribution is 0.112. The topological polar surface area (TPSA) is 23.6 Å². The molecule has 0 aliphatic carbocycles. The van der Waals surface area contributed by atoms with E-state index in [0.717, 1.165) is 25.3 Å². The Labute approximate surface area is 114 Å². The Morgan fingerprint density at radius 1 is 1.37 bits per heavy atom. The highest BCUT2D eigenvalue weighted by Crippen LogP contribution is 2.22. The van der Waals surface area contributed by atoms with Crippen molar-refractivity contribution in [3.05, 3.63) is 29.6 Å². The predicted octanol–water partition coefficient (Wildman–Crippen LogP) is 2.42. The maximum Gasteiger partial charge on any atom is 0.150 e. The summed E-state index contributed by atoms with van der Waals surface area (Å²) < 4.78 is 13.4. The number of carbonyl (C=O) groups is 1. The Balaban J connectivity index is 2.01. The number of hydrogen-bond donors (Lipinski definition) is 0. The summed E-state index contributed by atoms with van der Waals surface area (Å²) in [5.74, 6) is 0.291. The Kier molecular flexibility index (Phi) is 4.53. The molecule has 1 saturated heterocycles. The molecule has 0 spiro atoms. The van der Waals surface area contributed by atoms with Crippen LogP contribution in [0.3, 0.4) is 0 Å². The van der Waals surface area contributed by atoms with Crippen molar-refractivity contribution in [2.24, 2.45) is 5.92 Å². The number of benzene rings is 1. The van der Waals surface area contributed by atoms with Gasteiger partial charge in [-0.25, -0.2) is 4.39 Å². The average Bonchev–Trinajstić information content (AvgIpc) is 2.40. The molecule has 3 nitrogen and oxygen atoms in total. The fourth-order valence-electron chi connectivity index (χ4n) is 2.62. The third-order valence-corrected chi connectivity index (χ3v) is 3.85. The number of piperidine rings is 1. The number of anilines is 1. The largest absolute Gasteiger partial charge is 0.374 e. The SMILES string of the molecule is CN1CCC(CN(C)c2cc(F)cc(C=O)c2)CC1. The third-order valence-electron chi connectivity index (χ3n) is 3.85. The van der Waals surface area contributed by atoms with Crippen molar-refractivity contribution in [3.8, 4) is 0 Å². The fraction of sp³-hybridized carbons (Fsp3) is 0.533. The van der Waals surface area contributed by atoms with Crippen molar-refractivity contribution in [2.75, 3.05) is 38.6 Å². The summed E-state index contributed by atoms with van der Waals surface area (Å²) >= 11 is 0. The van der Waals surface area contributed by atoms with Crippen LogP contribution in [0.1, 0.15) is 23.2 Å². The molecule has 0 radical (unpaired) electrons. The normalized spacial score (nSPS) is 17.4. The number of carbonyl (C=O) groups excluding carboxylic acids is 1. The van der Waals surface area contributed by atoms with Crippen LogP contribution >= 0.6 is 0 Å². The van der Waals surface area contributed by atoms with E-state index in [4.69, 9.17) is 0 Å². The van der Waals surface area contributed by atoms with Gasteiger partial charge in [0.05, 0.1) is 0 Å². The zero-order valence-corrected chi connectivity index (χ0v) is 11.6. The number of rotatable bonds is 4. The van der Waals surface area contributed by atoms with Gasteiger partial charge in [-0.1, -0.05) is 0 Å². The van der Waals surface area contributed by atoms with Crippen molar-refractivity contribution in [3.63, 3.8) is 0 Å². The van der Waals surface area contributed by atoms with Crippen LogP contribution in [0.5, 0.6) is 0 Å². The van der Waals surface area contributed by atoms with Gasteiger partial charge >= 0.3 is 0 Å². The molecule has 4 heteroatoms. The zero-order valence-electron chi connectivity index (χ0n) is 11.6. The summed E-state index contributed by atoms with van der Waals surface area (Å²) in [5.41, 5.74) is 1.17. The highest BCUT2D eigenvalue weighted by molar-refractivity contribution is 5.77. The first kappa shape index (κ1) is 14.0. The first-order valence-electron chi connectivity index (χ1n) is 6.74. The summed E-state index contributed by atoms with van der Waals surface area (Å²) in [6.45, 7) is 3.16. The summed E-state index contributed by atoms with van der Waals surface area (Å²) in [7, 11) is 4.10. The third kappa shape index (κ3) is 3.77. The molecular formula is C15H21FN2O. The zero-order chi connectivity index (χ0) is 13.8. The van der Waals surface area contributed by atoms with Gasteiger partial charge in [0.15, 0.2) is 0 Å². The smallest absolute Gasteiger partial charge is 0.150 e. The standard InChI is InChI=1S/C15H21FN2O/c1-17-5-3-12(4-6-17)10-18(2)15-8-13(11-19)7-14(16)9-15/h7-9,11-12H,3-6,10H2,1-2H3. The Hall–Kier alpha value is -1.42. The minimum atomic E-state index is -0.352. The van der Waals surface area contributed by atoms with E-state index in [-0.39, 0.29) is 5.82 Å². The Bertz CT molecular complexity index is 442. The lowest BCUT2D eigenvalue weighted by Gasteiger charge is -2.32. The molecule has 1 aliphatic rings. The van der Waals surface area contributed by atoms with E-state index in [0.29, 0.717) is 17.8 Å². The van der Waals surface area contributed by atoms with Crippen LogP contribution < -0.4 is 4.90 Å². The van der Waals surface area contributed by atoms with Crippen LogP contribution in [0.15, 0.2) is 18.2 Å². The lowest BCUT2D eigenvalue weighted by atomic mass is 9.96. The molecule has 1 fully saturated rings. The molecule has 1 aliphatic heterocycles. The van der Waals surface area contributed by atoms with Gasteiger partial charge in [-0.2, -0.15) is 0 Å². The molecule has 104 valence electrons. The lowest BCUT2D eigenvalue weighted by Crippen LogP contribution is -2.35. The van der Waals surface area contributed by atoms with E-state index in [9.17, 15) is 9.18 Å². The van der Waals surface area contributed by atoms with Gasteiger partial charge in [0.1, 0.15) is 12.1 Å². The molecule has 0 bridgehead atoms. The predicted molar refractivity (Wildman–Crippen MR) is 75.3 cm³/mol. The fourth-order valence-corrected chi connectivity index (χ4v) is 2.62. The molecule has 0 N–H and O–H groups in total. The Morgan fingerprint density at radius 3 is 2.68 bits per heavy atom. The second-order valence-corrected chi connectivity index (χ2v) is 5.49. The minimum absolute atomic E-state index is 0.352. The average molecular weight is 264 g/mol. The van der Waals surface area contributed by atoms with E-state index in [2.05, 4.69) is 11.9 Å². The van der Waals surface area contributed by atoms with Gasteiger partial charge in [-0.05, 0) is 57.1 Å². The molecule has 1 aromatic carbocycles.